The molecule has 0 aliphatic carbocycles. The molecule has 0 saturated carbocycles. The zero-order valence-corrected chi connectivity index (χ0v) is 18.3. The first-order valence-electron chi connectivity index (χ1n) is 8.47. The normalized spacial score (nSPS) is 17.1. The van der Waals surface area contributed by atoms with E-state index >= 15 is 0 Å². The van der Waals surface area contributed by atoms with Crippen LogP contribution in [0.15, 0.2) is 24.3 Å². The van der Waals surface area contributed by atoms with Gasteiger partial charge in [0.25, 0.3) is 0 Å². The maximum Gasteiger partial charge on any atom is 0.224 e. The molecule has 1 saturated heterocycles. The molecule has 2 atom stereocenters. The molecule has 3 N–H and O–H groups in total. The Balaban J connectivity index is 0. The molecule has 2 unspecified atom stereocenters. The standard InChI is InChI=1S/C18H30N4O.3ClH/c1-14(15(2)19)18(23)20-12-16-4-6-17(7-5-16)13-22-10-8-21(3)9-11-22;;;/h4-7,14-15H,8-13,19H2,1-3H3,(H,20,23);3*1H. The second-order valence-electron chi connectivity index (χ2n) is 6.76. The average Bonchev–Trinajstić information content (AvgIpc) is 2.55. The molecule has 0 bridgehead atoms. The SMILES string of the molecule is CC(N)C(C)C(=O)NCc1ccc(CN2CCN(C)CC2)cc1.Cl.Cl.Cl. The van der Waals surface area contributed by atoms with Gasteiger partial charge in [-0.25, -0.2) is 0 Å². The summed E-state index contributed by atoms with van der Waals surface area (Å²) in [6, 6.07) is 8.40. The van der Waals surface area contributed by atoms with Gasteiger partial charge in [0.2, 0.25) is 5.91 Å². The highest BCUT2D eigenvalue weighted by Crippen LogP contribution is 2.10. The van der Waals surface area contributed by atoms with E-state index in [1.165, 1.54) is 5.56 Å². The Hall–Kier alpha value is -0.560. The molecule has 1 aliphatic heterocycles. The van der Waals surface area contributed by atoms with Gasteiger partial charge in [-0.3, -0.25) is 9.69 Å². The highest BCUT2D eigenvalue weighted by atomic mass is 35.5. The van der Waals surface area contributed by atoms with Crippen LogP contribution >= 0.6 is 37.2 Å². The third-order valence-electron chi connectivity index (χ3n) is 4.69. The number of hydrogen-bond acceptors (Lipinski definition) is 4. The van der Waals surface area contributed by atoms with Gasteiger partial charge in [-0.1, -0.05) is 31.2 Å². The fourth-order valence-corrected chi connectivity index (χ4v) is 2.62. The van der Waals surface area contributed by atoms with Crippen molar-refractivity contribution in [1.82, 2.24) is 15.1 Å². The van der Waals surface area contributed by atoms with E-state index < -0.39 is 0 Å². The number of nitrogens with one attached hydrogen (secondary N) is 1. The number of carbonyl (C=O) groups excluding carboxylic acids is 1. The van der Waals surface area contributed by atoms with Crippen LogP contribution in [0.1, 0.15) is 25.0 Å². The van der Waals surface area contributed by atoms with E-state index in [9.17, 15) is 4.79 Å². The van der Waals surface area contributed by atoms with Crippen molar-refractivity contribution in [2.24, 2.45) is 11.7 Å². The molecule has 26 heavy (non-hydrogen) atoms. The van der Waals surface area contributed by atoms with E-state index in [1.807, 2.05) is 13.8 Å². The third-order valence-corrected chi connectivity index (χ3v) is 4.69. The zero-order chi connectivity index (χ0) is 16.8. The first kappa shape index (κ1) is 27.7. The van der Waals surface area contributed by atoms with Crippen LogP contribution in [-0.2, 0) is 17.9 Å². The van der Waals surface area contributed by atoms with Crippen molar-refractivity contribution >= 4 is 43.1 Å². The summed E-state index contributed by atoms with van der Waals surface area (Å²) in [4.78, 5) is 16.8. The van der Waals surface area contributed by atoms with Gasteiger partial charge in [0.05, 0.1) is 0 Å². The summed E-state index contributed by atoms with van der Waals surface area (Å²) < 4.78 is 0. The molecule has 1 fully saturated rings. The van der Waals surface area contributed by atoms with E-state index in [0.29, 0.717) is 6.54 Å². The van der Waals surface area contributed by atoms with E-state index in [1.54, 1.807) is 0 Å². The summed E-state index contributed by atoms with van der Waals surface area (Å²) in [6.07, 6.45) is 0. The van der Waals surface area contributed by atoms with Crippen molar-refractivity contribution in [2.45, 2.75) is 33.0 Å². The number of rotatable bonds is 6. The summed E-state index contributed by atoms with van der Waals surface area (Å²) in [6.45, 7) is 9.82. The van der Waals surface area contributed by atoms with Crippen LogP contribution in [-0.4, -0.2) is 55.0 Å². The van der Waals surface area contributed by atoms with E-state index in [2.05, 4.69) is 46.4 Å². The van der Waals surface area contributed by atoms with Crippen LogP contribution in [0.5, 0.6) is 0 Å². The number of nitrogens with two attached hydrogens (primary N) is 1. The van der Waals surface area contributed by atoms with Crippen LogP contribution in [0.2, 0.25) is 0 Å². The Labute approximate surface area is 176 Å². The molecule has 1 aromatic carbocycles. The molecule has 1 amide bonds. The number of piperazine rings is 1. The van der Waals surface area contributed by atoms with E-state index in [0.717, 1.165) is 38.3 Å². The monoisotopic (exact) mass is 426 g/mol. The second kappa shape index (κ2) is 13.6. The lowest BCUT2D eigenvalue weighted by Gasteiger charge is -2.32. The number of carbonyl (C=O) groups is 1. The van der Waals surface area contributed by atoms with Crippen molar-refractivity contribution < 1.29 is 4.79 Å². The number of halogens is 3. The van der Waals surface area contributed by atoms with Gasteiger partial charge >= 0.3 is 0 Å². The lowest BCUT2D eigenvalue weighted by atomic mass is 10.0. The van der Waals surface area contributed by atoms with Gasteiger partial charge in [0, 0.05) is 51.2 Å². The lowest BCUT2D eigenvalue weighted by Crippen LogP contribution is -2.43. The summed E-state index contributed by atoms with van der Waals surface area (Å²) in [5, 5.41) is 2.95. The minimum atomic E-state index is -0.161. The molecule has 152 valence electrons. The molecular weight excluding hydrogens is 395 g/mol. The van der Waals surface area contributed by atoms with Crippen LogP contribution in [0.4, 0.5) is 0 Å². The summed E-state index contributed by atoms with van der Waals surface area (Å²) in [5.41, 5.74) is 8.20. The van der Waals surface area contributed by atoms with Crippen LogP contribution < -0.4 is 11.1 Å². The Bertz CT molecular complexity index is 506. The molecular formula is C18H33Cl3N4O. The number of hydrogen-bond donors (Lipinski definition) is 2. The van der Waals surface area contributed by atoms with Gasteiger partial charge in [-0.15, -0.1) is 37.2 Å². The van der Waals surface area contributed by atoms with Crippen LogP contribution in [0, 0.1) is 5.92 Å². The first-order valence-corrected chi connectivity index (χ1v) is 8.47. The molecule has 1 aromatic rings. The zero-order valence-electron chi connectivity index (χ0n) is 15.8. The smallest absolute Gasteiger partial charge is 0.224 e. The largest absolute Gasteiger partial charge is 0.352 e. The van der Waals surface area contributed by atoms with Gasteiger partial charge in [0.15, 0.2) is 0 Å². The summed E-state index contributed by atoms with van der Waals surface area (Å²) in [7, 11) is 2.17. The van der Waals surface area contributed by atoms with Crippen LogP contribution in [0.25, 0.3) is 0 Å². The maximum atomic E-state index is 11.9. The van der Waals surface area contributed by atoms with Crippen molar-refractivity contribution in [3.05, 3.63) is 35.4 Å². The van der Waals surface area contributed by atoms with E-state index in [-0.39, 0.29) is 55.1 Å². The molecule has 0 aromatic heterocycles. The molecule has 5 nitrogen and oxygen atoms in total. The number of nitrogens with zero attached hydrogens (tertiary/aromatic N) is 2. The fraction of sp³-hybridized carbons (Fsp3) is 0.611. The van der Waals surface area contributed by atoms with Gasteiger partial charge in [-0.2, -0.15) is 0 Å². The average molecular weight is 428 g/mol. The van der Waals surface area contributed by atoms with Gasteiger partial charge in [0.1, 0.15) is 0 Å². The quantitative estimate of drug-likeness (QED) is 0.731. The van der Waals surface area contributed by atoms with Crippen molar-refractivity contribution in [3.63, 3.8) is 0 Å². The molecule has 0 spiro atoms. The molecule has 2 rings (SSSR count). The number of likely N-dealkylation sites (N-methyl/N-ethyl adjacent to an activating group) is 1. The Kier molecular flexibility index (Phi) is 14.5. The number of amides is 1. The summed E-state index contributed by atoms with van der Waals surface area (Å²) in [5.74, 6) is -0.145. The highest BCUT2D eigenvalue weighted by molar-refractivity contribution is 5.86. The van der Waals surface area contributed by atoms with Gasteiger partial charge in [-0.05, 0) is 25.1 Å². The fourth-order valence-electron chi connectivity index (χ4n) is 2.62. The predicted octanol–water partition coefficient (Wildman–Crippen LogP) is 2.30. The lowest BCUT2D eigenvalue weighted by molar-refractivity contribution is -0.125. The molecule has 8 heteroatoms. The maximum absolute atomic E-state index is 11.9. The third kappa shape index (κ3) is 8.89. The molecule has 1 heterocycles. The van der Waals surface area contributed by atoms with Crippen molar-refractivity contribution in [2.75, 3.05) is 33.2 Å². The minimum Gasteiger partial charge on any atom is -0.352 e. The molecule has 0 radical (unpaired) electrons. The Morgan fingerprint density at radius 2 is 1.54 bits per heavy atom. The Morgan fingerprint density at radius 1 is 1.04 bits per heavy atom. The van der Waals surface area contributed by atoms with Crippen molar-refractivity contribution in [3.8, 4) is 0 Å². The Morgan fingerprint density at radius 3 is 2.04 bits per heavy atom. The van der Waals surface area contributed by atoms with Crippen molar-refractivity contribution in [1.29, 1.82) is 0 Å². The minimum absolute atomic E-state index is 0. The first-order chi connectivity index (χ1) is 11.0. The number of benzene rings is 1. The van der Waals surface area contributed by atoms with Gasteiger partial charge < -0.3 is 16.0 Å². The topological polar surface area (TPSA) is 61.6 Å². The van der Waals surface area contributed by atoms with E-state index in [4.69, 9.17) is 5.73 Å². The predicted molar refractivity (Wildman–Crippen MR) is 116 cm³/mol. The highest BCUT2D eigenvalue weighted by Gasteiger charge is 2.16. The van der Waals surface area contributed by atoms with Crippen LogP contribution in [0.3, 0.4) is 0 Å². The second-order valence-corrected chi connectivity index (χ2v) is 6.76. The summed E-state index contributed by atoms with van der Waals surface area (Å²) >= 11 is 0. The molecule has 1 aliphatic rings.